The van der Waals surface area contributed by atoms with Gasteiger partial charge < -0.3 is 10.6 Å². The predicted molar refractivity (Wildman–Crippen MR) is 83.6 cm³/mol. The van der Waals surface area contributed by atoms with Crippen molar-refractivity contribution in [3.63, 3.8) is 0 Å². The maximum Gasteiger partial charge on any atom is 0.271 e. The molecule has 0 radical (unpaired) electrons. The molecule has 110 valence electrons. The molecule has 21 heavy (non-hydrogen) atoms. The van der Waals surface area contributed by atoms with Crippen LogP contribution < -0.4 is 10.6 Å². The molecule has 0 unspecified atom stereocenters. The van der Waals surface area contributed by atoms with E-state index in [0.717, 1.165) is 29.4 Å². The SMILES string of the molecule is CNc1nc(C(=O)N[C@H](c2cccc(C)n2)C2CC2)cs1. The lowest BCUT2D eigenvalue weighted by molar-refractivity contribution is 0.0926. The second-order valence-corrected chi connectivity index (χ2v) is 6.14. The van der Waals surface area contributed by atoms with E-state index in [1.165, 1.54) is 11.3 Å². The van der Waals surface area contributed by atoms with Gasteiger partial charge in [0.05, 0.1) is 11.7 Å². The summed E-state index contributed by atoms with van der Waals surface area (Å²) in [6, 6.07) is 5.92. The lowest BCUT2D eigenvalue weighted by atomic mass is 10.1. The van der Waals surface area contributed by atoms with Crippen molar-refractivity contribution >= 4 is 22.4 Å². The average Bonchev–Trinajstić information content (AvgIpc) is 3.20. The highest BCUT2D eigenvalue weighted by Crippen LogP contribution is 2.40. The number of hydrogen-bond acceptors (Lipinski definition) is 5. The number of carbonyl (C=O) groups excluding carboxylic acids is 1. The number of aromatic nitrogens is 2. The number of nitrogens with zero attached hydrogens (tertiary/aromatic N) is 2. The first-order chi connectivity index (χ1) is 10.2. The summed E-state index contributed by atoms with van der Waals surface area (Å²) in [5, 5.41) is 8.56. The Hall–Kier alpha value is -1.95. The van der Waals surface area contributed by atoms with Crippen LogP contribution in [-0.4, -0.2) is 22.9 Å². The Labute approximate surface area is 127 Å². The third kappa shape index (κ3) is 3.21. The Balaban J connectivity index is 1.77. The molecule has 1 aliphatic carbocycles. The molecule has 2 N–H and O–H groups in total. The molecule has 6 heteroatoms. The summed E-state index contributed by atoms with van der Waals surface area (Å²) in [5.74, 6) is 0.360. The van der Waals surface area contributed by atoms with Gasteiger partial charge in [0.1, 0.15) is 5.69 Å². The molecule has 3 rings (SSSR count). The van der Waals surface area contributed by atoms with E-state index >= 15 is 0 Å². The number of nitrogens with one attached hydrogen (secondary N) is 2. The molecule has 0 bridgehead atoms. The largest absolute Gasteiger partial charge is 0.365 e. The molecule has 2 aromatic rings. The molecule has 5 nitrogen and oxygen atoms in total. The number of rotatable bonds is 5. The first-order valence-corrected chi connectivity index (χ1v) is 7.93. The maximum atomic E-state index is 12.4. The summed E-state index contributed by atoms with van der Waals surface area (Å²) in [5.41, 5.74) is 2.37. The van der Waals surface area contributed by atoms with E-state index in [-0.39, 0.29) is 11.9 Å². The van der Waals surface area contributed by atoms with Gasteiger partial charge in [0.25, 0.3) is 5.91 Å². The third-order valence-electron chi connectivity index (χ3n) is 3.56. The van der Waals surface area contributed by atoms with Crippen LogP contribution in [0.3, 0.4) is 0 Å². The van der Waals surface area contributed by atoms with E-state index in [1.54, 1.807) is 12.4 Å². The van der Waals surface area contributed by atoms with Crippen LogP contribution in [0.1, 0.15) is 40.8 Å². The van der Waals surface area contributed by atoms with Crippen LogP contribution in [0.5, 0.6) is 0 Å². The number of aryl methyl sites for hydroxylation is 1. The highest BCUT2D eigenvalue weighted by molar-refractivity contribution is 7.13. The Bertz CT molecular complexity index is 651. The molecular formula is C15H18N4OS. The molecule has 2 heterocycles. The smallest absolute Gasteiger partial charge is 0.271 e. The second-order valence-electron chi connectivity index (χ2n) is 5.28. The monoisotopic (exact) mass is 302 g/mol. The average molecular weight is 302 g/mol. The predicted octanol–water partition coefficient (Wildman–Crippen LogP) is 2.77. The minimum atomic E-state index is -0.132. The van der Waals surface area contributed by atoms with Gasteiger partial charge in [-0.2, -0.15) is 0 Å². The van der Waals surface area contributed by atoms with E-state index in [4.69, 9.17) is 0 Å². The van der Waals surface area contributed by atoms with Crippen LogP contribution in [0.4, 0.5) is 5.13 Å². The molecule has 0 saturated heterocycles. The van der Waals surface area contributed by atoms with Gasteiger partial charge in [0, 0.05) is 18.1 Å². The van der Waals surface area contributed by atoms with Crippen molar-refractivity contribution in [1.29, 1.82) is 0 Å². The van der Waals surface area contributed by atoms with Crippen LogP contribution in [0.25, 0.3) is 0 Å². The molecule has 1 amide bonds. The van der Waals surface area contributed by atoms with Crippen LogP contribution in [0.15, 0.2) is 23.6 Å². The van der Waals surface area contributed by atoms with Gasteiger partial charge in [-0.1, -0.05) is 6.07 Å². The summed E-state index contributed by atoms with van der Waals surface area (Å²) < 4.78 is 0. The second kappa shape index (κ2) is 5.81. The summed E-state index contributed by atoms with van der Waals surface area (Å²) in [6.45, 7) is 1.97. The summed E-state index contributed by atoms with van der Waals surface area (Å²) in [4.78, 5) is 21.2. The number of carbonyl (C=O) groups is 1. The van der Waals surface area contributed by atoms with Gasteiger partial charge in [-0.05, 0) is 37.8 Å². The Kier molecular flexibility index (Phi) is 3.88. The number of amides is 1. The lowest BCUT2D eigenvalue weighted by Gasteiger charge is -2.17. The van der Waals surface area contributed by atoms with Gasteiger partial charge in [0.15, 0.2) is 5.13 Å². The molecule has 1 atom stereocenters. The van der Waals surface area contributed by atoms with Crippen molar-refractivity contribution in [2.75, 3.05) is 12.4 Å². The number of pyridine rings is 1. The summed E-state index contributed by atoms with van der Waals surface area (Å²) in [6.07, 6.45) is 2.28. The molecule has 1 saturated carbocycles. The summed E-state index contributed by atoms with van der Waals surface area (Å²) in [7, 11) is 1.80. The highest BCUT2D eigenvalue weighted by atomic mass is 32.1. The minimum Gasteiger partial charge on any atom is -0.365 e. The van der Waals surface area contributed by atoms with Crippen molar-refractivity contribution in [2.24, 2.45) is 5.92 Å². The van der Waals surface area contributed by atoms with Crippen molar-refractivity contribution in [1.82, 2.24) is 15.3 Å². The van der Waals surface area contributed by atoms with E-state index in [9.17, 15) is 4.79 Å². The van der Waals surface area contributed by atoms with Crippen LogP contribution in [0, 0.1) is 12.8 Å². The van der Waals surface area contributed by atoms with Crippen LogP contribution in [0.2, 0.25) is 0 Å². The van der Waals surface area contributed by atoms with E-state index < -0.39 is 0 Å². The molecular weight excluding hydrogens is 284 g/mol. The zero-order chi connectivity index (χ0) is 14.8. The Morgan fingerprint density at radius 1 is 1.38 bits per heavy atom. The minimum absolute atomic E-state index is 0.0165. The van der Waals surface area contributed by atoms with E-state index in [1.807, 2.05) is 25.1 Å². The van der Waals surface area contributed by atoms with Crippen molar-refractivity contribution in [2.45, 2.75) is 25.8 Å². The van der Waals surface area contributed by atoms with Gasteiger partial charge in [-0.3, -0.25) is 9.78 Å². The molecule has 0 spiro atoms. The Morgan fingerprint density at radius 3 is 2.81 bits per heavy atom. The van der Waals surface area contributed by atoms with Crippen LogP contribution in [-0.2, 0) is 0 Å². The molecule has 0 aliphatic heterocycles. The fourth-order valence-electron chi connectivity index (χ4n) is 2.31. The van der Waals surface area contributed by atoms with Gasteiger partial charge in [-0.25, -0.2) is 4.98 Å². The lowest BCUT2D eigenvalue weighted by Crippen LogP contribution is -2.30. The van der Waals surface area contributed by atoms with Gasteiger partial charge in [0.2, 0.25) is 0 Å². The standard InChI is InChI=1S/C15H18N4OS/c1-9-4-3-5-11(17-9)13(10-6-7-10)19-14(20)12-8-21-15(16-2)18-12/h3-5,8,10,13H,6-7H2,1-2H3,(H,16,18)(H,19,20)/t13-/m0/s1. The fourth-order valence-corrected chi connectivity index (χ4v) is 2.96. The zero-order valence-electron chi connectivity index (χ0n) is 12.1. The van der Waals surface area contributed by atoms with Crippen LogP contribution >= 0.6 is 11.3 Å². The summed E-state index contributed by atoms with van der Waals surface area (Å²) >= 11 is 1.43. The molecule has 2 aromatic heterocycles. The van der Waals surface area contributed by atoms with Gasteiger partial charge >= 0.3 is 0 Å². The van der Waals surface area contributed by atoms with Crippen molar-refractivity contribution in [3.05, 3.63) is 40.7 Å². The highest BCUT2D eigenvalue weighted by Gasteiger charge is 2.34. The first kappa shape index (κ1) is 14.0. The number of hydrogen-bond donors (Lipinski definition) is 2. The topological polar surface area (TPSA) is 66.9 Å². The maximum absolute atomic E-state index is 12.4. The van der Waals surface area contributed by atoms with Crippen molar-refractivity contribution < 1.29 is 4.79 Å². The molecule has 1 aliphatic rings. The number of thiazole rings is 1. The fraction of sp³-hybridized carbons (Fsp3) is 0.400. The number of anilines is 1. The third-order valence-corrected chi connectivity index (χ3v) is 4.42. The van der Waals surface area contributed by atoms with E-state index in [2.05, 4.69) is 20.6 Å². The normalized spacial score (nSPS) is 15.5. The van der Waals surface area contributed by atoms with Crippen molar-refractivity contribution in [3.8, 4) is 0 Å². The molecule has 0 aromatic carbocycles. The first-order valence-electron chi connectivity index (χ1n) is 7.05. The Morgan fingerprint density at radius 2 is 2.19 bits per heavy atom. The quantitative estimate of drug-likeness (QED) is 0.891. The van der Waals surface area contributed by atoms with Gasteiger partial charge in [-0.15, -0.1) is 11.3 Å². The zero-order valence-corrected chi connectivity index (χ0v) is 12.9. The molecule has 1 fully saturated rings. The van der Waals surface area contributed by atoms with E-state index in [0.29, 0.717) is 11.6 Å².